The van der Waals surface area contributed by atoms with Gasteiger partial charge in [-0.3, -0.25) is 9.35 Å². The summed E-state index contributed by atoms with van der Waals surface area (Å²) >= 11 is 0. The van der Waals surface area contributed by atoms with E-state index in [0.29, 0.717) is 0 Å². The second-order valence-corrected chi connectivity index (χ2v) is 2.94. The lowest BCUT2D eigenvalue weighted by atomic mass is 10.8. The van der Waals surface area contributed by atoms with Crippen LogP contribution in [0.3, 0.4) is 0 Å². The van der Waals surface area contributed by atoms with Crippen LogP contribution in [0.2, 0.25) is 0 Å². The van der Waals surface area contributed by atoms with Crippen molar-refractivity contribution >= 4 is 16.0 Å². The highest BCUT2D eigenvalue weighted by atomic mass is 32.2. The molecule has 0 fully saturated rings. The highest BCUT2D eigenvalue weighted by Crippen LogP contribution is 2.20. The summed E-state index contributed by atoms with van der Waals surface area (Å²) in [5.74, 6) is -0.333. The Morgan fingerprint density at radius 3 is 1.50 bits per heavy atom. The highest BCUT2D eigenvalue weighted by molar-refractivity contribution is 7.86. The molecule has 0 aliphatic rings. The maximum Gasteiger partial charge on any atom is 0.522 e. The van der Waals surface area contributed by atoms with Gasteiger partial charge in [-0.25, -0.2) is 0 Å². The van der Waals surface area contributed by atoms with Gasteiger partial charge in [0, 0.05) is 6.92 Å². The lowest BCUT2D eigenvalue weighted by molar-refractivity contribution is -0.115. The Bertz CT molecular complexity index is 239. The predicted octanol–water partition coefficient (Wildman–Crippen LogP) is -0.114. The number of amides is 1. The van der Waals surface area contributed by atoms with Crippen molar-refractivity contribution in [3.8, 4) is 0 Å². The van der Waals surface area contributed by atoms with Gasteiger partial charge in [-0.1, -0.05) is 0 Å². The zero-order chi connectivity index (χ0) is 10.6. The van der Waals surface area contributed by atoms with Crippen LogP contribution in [0, 0.1) is 0 Å². The first kappa shape index (κ1) is 13.7. The summed E-state index contributed by atoms with van der Waals surface area (Å²) in [4.78, 5) is 9.22. The molecule has 0 aromatic rings. The van der Waals surface area contributed by atoms with Crippen LogP contribution in [0.15, 0.2) is 0 Å². The van der Waals surface area contributed by atoms with Crippen LogP contribution < -0.4 is 5.73 Å². The molecule has 12 heavy (non-hydrogen) atoms. The van der Waals surface area contributed by atoms with Crippen molar-refractivity contribution in [3.63, 3.8) is 0 Å². The van der Waals surface area contributed by atoms with Crippen LogP contribution in [-0.4, -0.2) is 24.4 Å². The molecule has 0 aliphatic carbocycles. The molecule has 0 atom stereocenters. The number of hydrogen-bond acceptors (Lipinski definition) is 3. The zero-order valence-corrected chi connectivity index (χ0v) is 6.61. The molecule has 9 heteroatoms. The van der Waals surface area contributed by atoms with Crippen molar-refractivity contribution < 1.29 is 30.9 Å². The van der Waals surface area contributed by atoms with Gasteiger partial charge in [0.1, 0.15) is 0 Å². The van der Waals surface area contributed by atoms with Crippen molar-refractivity contribution in [1.29, 1.82) is 0 Å². The molecule has 5 nitrogen and oxygen atoms in total. The van der Waals surface area contributed by atoms with E-state index in [4.69, 9.17) is 13.0 Å². The molecule has 0 heterocycles. The van der Waals surface area contributed by atoms with E-state index in [1.165, 1.54) is 6.92 Å². The van der Waals surface area contributed by atoms with Gasteiger partial charge in [0.15, 0.2) is 0 Å². The largest absolute Gasteiger partial charge is 0.522 e. The van der Waals surface area contributed by atoms with Crippen LogP contribution in [0.4, 0.5) is 13.2 Å². The number of rotatable bonds is 0. The lowest BCUT2D eigenvalue weighted by Gasteiger charge is -1.97. The predicted molar refractivity (Wildman–Crippen MR) is 32.5 cm³/mol. The number of primary amides is 1. The molecule has 0 rings (SSSR count). The number of nitrogens with two attached hydrogens (primary N) is 1. The quantitative estimate of drug-likeness (QED) is 0.429. The highest BCUT2D eigenvalue weighted by Gasteiger charge is 2.44. The van der Waals surface area contributed by atoms with E-state index in [0.717, 1.165) is 0 Å². The summed E-state index contributed by atoms with van der Waals surface area (Å²) < 4.78 is 57.5. The SMILES string of the molecule is CC(N)=O.O=S(=O)(O)C(F)(F)F. The first-order valence-corrected chi connectivity index (χ1v) is 3.72. The van der Waals surface area contributed by atoms with Gasteiger partial charge in [-0.2, -0.15) is 21.6 Å². The number of alkyl halides is 3. The van der Waals surface area contributed by atoms with Crippen LogP contribution in [0.5, 0.6) is 0 Å². The minimum Gasteiger partial charge on any atom is -0.370 e. The van der Waals surface area contributed by atoms with Crippen molar-refractivity contribution in [2.45, 2.75) is 12.4 Å². The fraction of sp³-hybridized carbons (Fsp3) is 0.667. The normalized spacial score (nSPS) is 11.4. The molecule has 0 saturated carbocycles. The van der Waals surface area contributed by atoms with E-state index in [2.05, 4.69) is 5.73 Å². The minimum atomic E-state index is -5.84. The van der Waals surface area contributed by atoms with Crippen molar-refractivity contribution in [1.82, 2.24) is 0 Å². The average Bonchev–Trinajstić information content (AvgIpc) is 1.55. The second kappa shape index (κ2) is 4.26. The van der Waals surface area contributed by atoms with Gasteiger partial charge in [0.2, 0.25) is 5.91 Å². The minimum absolute atomic E-state index is 0.333. The van der Waals surface area contributed by atoms with E-state index in [-0.39, 0.29) is 5.91 Å². The third-order valence-electron chi connectivity index (χ3n) is 0.292. The van der Waals surface area contributed by atoms with E-state index < -0.39 is 15.6 Å². The maximum absolute atomic E-state index is 10.7. The Balaban J connectivity index is 0. The maximum atomic E-state index is 10.7. The molecule has 3 N–H and O–H groups in total. The van der Waals surface area contributed by atoms with Crippen LogP contribution in [-0.2, 0) is 14.9 Å². The van der Waals surface area contributed by atoms with Gasteiger partial charge < -0.3 is 5.73 Å². The topological polar surface area (TPSA) is 97.5 Å². The molecule has 0 bridgehead atoms. The molecule has 0 unspecified atom stereocenters. The van der Waals surface area contributed by atoms with Gasteiger partial charge in [0.05, 0.1) is 0 Å². The molecule has 74 valence electrons. The van der Waals surface area contributed by atoms with E-state index in [1.54, 1.807) is 0 Å². The summed E-state index contributed by atoms with van der Waals surface area (Å²) in [6, 6.07) is 0. The molecule has 0 aromatic carbocycles. The van der Waals surface area contributed by atoms with E-state index in [1.807, 2.05) is 0 Å². The van der Waals surface area contributed by atoms with Crippen LogP contribution >= 0.6 is 0 Å². The lowest BCUT2D eigenvalue weighted by Crippen LogP contribution is -2.21. The summed E-state index contributed by atoms with van der Waals surface area (Å²) in [5, 5.41) is 0. The van der Waals surface area contributed by atoms with Crippen molar-refractivity contribution in [2.75, 3.05) is 0 Å². The standard InChI is InChI=1S/C2H5NO.CHF3O3S/c1-2(3)4;2-1(3,4)8(5,6)7/h1H3,(H2,3,4);(H,5,6,7). The number of hydrogen-bond donors (Lipinski definition) is 2. The van der Waals surface area contributed by atoms with E-state index in [9.17, 15) is 18.0 Å². The average molecular weight is 209 g/mol. The Labute approximate surface area is 66.1 Å². The van der Waals surface area contributed by atoms with Crippen molar-refractivity contribution in [3.05, 3.63) is 0 Å². The smallest absolute Gasteiger partial charge is 0.370 e. The number of halogens is 3. The molecule has 0 aromatic heterocycles. The summed E-state index contributed by atoms with van der Waals surface area (Å²) in [5.41, 5.74) is -1.06. The van der Waals surface area contributed by atoms with Gasteiger partial charge >= 0.3 is 15.6 Å². The fourth-order valence-electron chi connectivity index (χ4n) is 0. The Morgan fingerprint density at radius 1 is 1.42 bits per heavy atom. The molecule has 1 amide bonds. The van der Waals surface area contributed by atoms with Crippen LogP contribution in [0.25, 0.3) is 0 Å². The number of carbonyl (C=O) groups is 1. The third kappa shape index (κ3) is 9.17. The van der Waals surface area contributed by atoms with Gasteiger partial charge in [-0.15, -0.1) is 0 Å². The molecule has 0 saturated heterocycles. The zero-order valence-electron chi connectivity index (χ0n) is 5.79. The first-order chi connectivity index (χ1) is 4.98. The summed E-state index contributed by atoms with van der Waals surface area (Å²) in [6.45, 7) is 1.31. The number of carbonyl (C=O) groups excluding carboxylic acids is 1. The Hall–Kier alpha value is -0.830. The molecule has 0 spiro atoms. The van der Waals surface area contributed by atoms with Gasteiger partial charge in [0.25, 0.3) is 0 Å². The molecular weight excluding hydrogens is 203 g/mol. The first-order valence-electron chi connectivity index (χ1n) is 2.28. The summed E-state index contributed by atoms with van der Waals surface area (Å²) in [6.07, 6.45) is 0. The van der Waals surface area contributed by atoms with E-state index >= 15 is 0 Å². The monoisotopic (exact) mass is 209 g/mol. The Kier molecular flexibility index (Phi) is 4.88. The third-order valence-corrected chi connectivity index (χ3v) is 0.877. The fourth-order valence-corrected chi connectivity index (χ4v) is 0. The second-order valence-electron chi connectivity index (χ2n) is 1.53. The van der Waals surface area contributed by atoms with Crippen molar-refractivity contribution in [2.24, 2.45) is 5.73 Å². The molecule has 0 aliphatic heterocycles. The Morgan fingerprint density at radius 2 is 1.50 bits per heavy atom. The van der Waals surface area contributed by atoms with Gasteiger partial charge in [-0.05, 0) is 0 Å². The molecular formula is C3H6F3NO4S. The van der Waals surface area contributed by atoms with Crippen LogP contribution in [0.1, 0.15) is 6.92 Å². The molecule has 0 radical (unpaired) electrons. The summed E-state index contributed by atoms with van der Waals surface area (Å²) in [7, 11) is -5.84.